The van der Waals surface area contributed by atoms with Gasteiger partial charge in [-0.2, -0.15) is 0 Å². The van der Waals surface area contributed by atoms with Crippen molar-refractivity contribution in [2.45, 2.75) is 5.41 Å². The van der Waals surface area contributed by atoms with Crippen molar-refractivity contribution in [3.8, 4) is 39.1 Å². The van der Waals surface area contributed by atoms with E-state index in [-0.39, 0.29) is 5.41 Å². The summed E-state index contributed by atoms with van der Waals surface area (Å²) < 4.78 is 7.83. The zero-order valence-electron chi connectivity index (χ0n) is 31.2. The summed E-state index contributed by atoms with van der Waals surface area (Å²) in [4.78, 5) is 0. The van der Waals surface area contributed by atoms with Gasteiger partial charge in [-0.3, -0.25) is 0 Å². The van der Waals surface area contributed by atoms with Crippen LogP contribution in [0, 0.1) is 0 Å². The third-order valence-electron chi connectivity index (χ3n) is 13.2. The van der Waals surface area contributed by atoms with Crippen molar-refractivity contribution < 1.29 is 0 Å². The molecule has 0 aliphatic heterocycles. The standard InChI is InChI=1S/C55H31NS2/c1-6-17-42-34(12-1)35-13-2-7-18-43(35)55(42)44-19-8-3-14-36(44)37-26-24-33(31-45(37)55)32-25-28-49-41(30-32)52-47(21-11-23-50(52)58-49)56-46-20-9-4-15-38(46)39-27-29-51-53(54(39)56)40-16-5-10-22-48(40)57-51/h1-31H. The third kappa shape index (κ3) is 3.81. The second kappa shape index (κ2) is 11.2. The van der Waals surface area contributed by atoms with E-state index in [0.29, 0.717) is 0 Å². The minimum atomic E-state index is -0.366. The van der Waals surface area contributed by atoms with Crippen LogP contribution in [0.5, 0.6) is 0 Å². The molecule has 3 aromatic heterocycles. The van der Waals surface area contributed by atoms with Gasteiger partial charge in [-0.05, 0) is 104 Å². The molecule has 9 aromatic carbocycles. The molecule has 1 spiro atoms. The van der Waals surface area contributed by atoms with Gasteiger partial charge in [-0.1, -0.05) is 140 Å². The Morgan fingerprint density at radius 1 is 0.345 bits per heavy atom. The summed E-state index contributed by atoms with van der Waals surface area (Å²) in [5.74, 6) is 0. The molecule has 3 heteroatoms. The lowest BCUT2D eigenvalue weighted by atomic mass is 9.70. The monoisotopic (exact) mass is 769 g/mol. The van der Waals surface area contributed by atoms with Crippen LogP contribution in [0.1, 0.15) is 22.3 Å². The molecular formula is C55H31NS2. The number of hydrogen-bond donors (Lipinski definition) is 0. The number of nitrogens with zero attached hydrogens (tertiary/aromatic N) is 1. The first-order valence-corrected chi connectivity index (χ1v) is 21.6. The fourth-order valence-electron chi connectivity index (χ4n) is 11.0. The van der Waals surface area contributed by atoms with Gasteiger partial charge in [-0.15, -0.1) is 22.7 Å². The van der Waals surface area contributed by atoms with Crippen LogP contribution >= 0.6 is 22.7 Å². The summed E-state index contributed by atoms with van der Waals surface area (Å²) in [7, 11) is 0. The predicted molar refractivity (Wildman–Crippen MR) is 248 cm³/mol. The Morgan fingerprint density at radius 2 is 0.897 bits per heavy atom. The highest BCUT2D eigenvalue weighted by Gasteiger charge is 2.51. The van der Waals surface area contributed by atoms with Crippen LogP contribution in [0.25, 0.3) is 101 Å². The topological polar surface area (TPSA) is 4.93 Å². The van der Waals surface area contributed by atoms with Crippen LogP contribution in [0.2, 0.25) is 0 Å². The van der Waals surface area contributed by atoms with Gasteiger partial charge in [-0.25, -0.2) is 0 Å². The van der Waals surface area contributed by atoms with Crippen molar-refractivity contribution in [2.75, 3.05) is 0 Å². The molecule has 0 unspecified atom stereocenters. The molecular weight excluding hydrogens is 739 g/mol. The van der Waals surface area contributed by atoms with Crippen LogP contribution in [0.4, 0.5) is 0 Å². The number of hydrogen-bond acceptors (Lipinski definition) is 2. The molecule has 0 saturated heterocycles. The van der Waals surface area contributed by atoms with E-state index in [2.05, 4.69) is 193 Å². The van der Waals surface area contributed by atoms with Gasteiger partial charge >= 0.3 is 0 Å². The highest BCUT2D eigenvalue weighted by atomic mass is 32.1. The van der Waals surface area contributed by atoms with Crippen LogP contribution in [-0.4, -0.2) is 4.57 Å². The van der Waals surface area contributed by atoms with Crippen LogP contribution in [0.15, 0.2) is 188 Å². The van der Waals surface area contributed by atoms with Crippen LogP contribution < -0.4 is 0 Å². The highest BCUT2D eigenvalue weighted by Crippen LogP contribution is 2.63. The number of para-hydroxylation sites is 1. The van der Waals surface area contributed by atoms with E-state index in [1.54, 1.807) is 0 Å². The van der Waals surface area contributed by atoms with E-state index in [1.165, 1.54) is 123 Å². The van der Waals surface area contributed by atoms with Crippen molar-refractivity contribution in [2.24, 2.45) is 0 Å². The molecule has 3 heterocycles. The molecule has 2 aliphatic rings. The summed E-state index contributed by atoms with van der Waals surface area (Å²) >= 11 is 3.79. The van der Waals surface area contributed by atoms with Gasteiger partial charge in [0, 0.05) is 51.1 Å². The van der Waals surface area contributed by atoms with E-state index in [9.17, 15) is 0 Å². The third-order valence-corrected chi connectivity index (χ3v) is 15.5. The number of benzene rings is 9. The summed E-state index contributed by atoms with van der Waals surface area (Å²) in [6, 6.07) is 71.0. The van der Waals surface area contributed by atoms with E-state index in [4.69, 9.17) is 0 Å². The van der Waals surface area contributed by atoms with Crippen LogP contribution in [-0.2, 0) is 5.41 Å². The van der Waals surface area contributed by atoms with Crippen LogP contribution in [0.3, 0.4) is 0 Å². The van der Waals surface area contributed by atoms with Crippen molar-refractivity contribution in [1.82, 2.24) is 4.57 Å². The summed E-state index contributed by atoms with van der Waals surface area (Å²) in [5.41, 5.74) is 16.7. The van der Waals surface area contributed by atoms with Crippen molar-refractivity contribution in [1.29, 1.82) is 0 Å². The molecule has 0 amide bonds. The maximum absolute atomic E-state index is 2.57. The van der Waals surface area contributed by atoms with Gasteiger partial charge in [0.15, 0.2) is 0 Å². The van der Waals surface area contributed by atoms with Gasteiger partial charge in [0.05, 0.1) is 22.1 Å². The van der Waals surface area contributed by atoms with E-state index >= 15 is 0 Å². The fourth-order valence-corrected chi connectivity index (χ4v) is 13.2. The normalized spacial score (nSPS) is 13.7. The fraction of sp³-hybridized carbons (Fsp3) is 0.0182. The summed E-state index contributed by atoms with van der Waals surface area (Å²) in [6.45, 7) is 0. The molecule has 58 heavy (non-hydrogen) atoms. The Balaban J connectivity index is 1.03. The molecule has 0 radical (unpaired) electrons. The molecule has 0 N–H and O–H groups in total. The van der Waals surface area contributed by atoms with E-state index < -0.39 is 0 Å². The quantitative estimate of drug-likeness (QED) is 0.165. The highest BCUT2D eigenvalue weighted by molar-refractivity contribution is 7.26. The smallest absolute Gasteiger partial charge is 0.0725 e. The first kappa shape index (κ1) is 31.3. The molecule has 0 atom stereocenters. The maximum atomic E-state index is 2.57. The zero-order valence-corrected chi connectivity index (χ0v) is 32.8. The molecule has 1 nitrogen and oxygen atoms in total. The van der Waals surface area contributed by atoms with Gasteiger partial charge in [0.25, 0.3) is 0 Å². The Morgan fingerprint density at radius 3 is 1.66 bits per heavy atom. The predicted octanol–water partition coefficient (Wildman–Crippen LogP) is 15.5. The molecule has 268 valence electrons. The van der Waals surface area contributed by atoms with Crippen molar-refractivity contribution in [3.05, 3.63) is 210 Å². The SMILES string of the molecule is c1ccc2c(c1)-c1ccccc1C21c2ccccc2-c2ccc(-c3ccc4sc5cccc(-n6c7ccccc7c7ccc8sc9ccccc9c8c76)c5c4c3)cc21. The summed E-state index contributed by atoms with van der Waals surface area (Å²) in [6.07, 6.45) is 0. The largest absolute Gasteiger partial charge is 0.308 e. The summed E-state index contributed by atoms with van der Waals surface area (Å²) in [5, 5.41) is 7.87. The maximum Gasteiger partial charge on any atom is 0.0725 e. The minimum Gasteiger partial charge on any atom is -0.308 e. The Kier molecular flexibility index (Phi) is 6.05. The van der Waals surface area contributed by atoms with E-state index in [1.807, 2.05) is 22.7 Å². The molecule has 0 fully saturated rings. The number of aromatic nitrogens is 1. The second-order valence-corrected chi connectivity index (χ2v) is 18.1. The lowest BCUT2D eigenvalue weighted by molar-refractivity contribution is 0.794. The molecule has 0 saturated carbocycles. The van der Waals surface area contributed by atoms with Gasteiger partial charge in [0.2, 0.25) is 0 Å². The lowest BCUT2D eigenvalue weighted by Gasteiger charge is -2.30. The number of thiophene rings is 2. The average molecular weight is 770 g/mol. The van der Waals surface area contributed by atoms with Crippen molar-refractivity contribution >= 4 is 84.8 Å². The van der Waals surface area contributed by atoms with E-state index in [0.717, 1.165) is 0 Å². The van der Waals surface area contributed by atoms with Crippen molar-refractivity contribution in [3.63, 3.8) is 0 Å². The Hall–Kier alpha value is -6.78. The molecule has 12 aromatic rings. The Bertz CT molecular complexity index is 3700. The lowest BCUT2D eigenvalue weighted by Crippen LogP contribution is -2.25. The van der Waals surface area contributed by atoms with Gasteiger partial charge < -0.3 is 4.57 Å². The molecule has 2 aliphatic carbocycles. The average Bonchev–Trinajstić information content (AvgIpc) is 4.07. The second-order valence-electron chi connectivity index (χ2n) is 15.9. The number of fused-ring (bicyclic) bond motifs is 20. The minimum absolute atomic E-state index is 0.366. The Labute approximate surface area is 342 Å². The number of rotatable bonds is 2. The van der Waals surface area contributed by atoms with Gasteiger partial charge in [0.1, 0.15) is 0 Å². The molecule has 14 rings (SSSR count). The zero-order chi connectivity index (χ0) is 37.7. The first-order valence-electron chi connectivity index (χ1n) is 20.0. The molecule has 0 bridgehead atoms. The first-order chi connectivity index (χ1) is 28.8.